The minimum absolute atomic E-state index is 0.0112. The monoisotopic (exact) mass is 724 g/mol. The molecular weight excluding hydrogens is 634 g/mol. The first-order valence-electron chi connectivity index (χ1n) is 22.8. The van der Waals surface area contributed by atoms with Gasteiger partial charge in [-0.25, -0.2) is 0 Å². The molecule has 0 aliphatic carbocycles. The molecule has 0 unspecified atom stereocenters. The second kappa shape index (κ2) is 41.6. The van der Waals surface area contributed by atoms with Gasteiger partial charge in [-0.1, -0.05) is 168 Å². The van der Waals surface area contributed by atoms with Crippen molar-refractivity contribution in [2.45, 2.75) is 245 Å². The predicted octanol–water partition coefficient (Wildman–Crippen LogP) is 13.1. The van der Waals surface area contributed by atoms with Gasteiger partial charge in [-0.05, 0) is 70.9 Å². The van der Waals surface area contributed by atoms with E-state index >= 15 is 0 Å². The maximum absolute atomic E-state index is 12.7. The molecule has 0 radical (unpaired) electrons. The predicted molar refractivity (Wildman–Crippen MR) is 218 cm³/mol. The molecule has 0 aliphatic heterocycles. The van der Waals surface area contributed by atoms with Gasteiger partial charge in [0, 0.05) is 19.4 Å². The van der Waals surface area contributed by atoms with Crippen molar-refractivity contribution < 1.29 is 24.2 Å². The Morgan fingerprint density at radius 1 is 0.451 bits per heavy atom. The van der Waals surface area contributed by atoms with Crippen LogP contribution in [0.1, 0.15) is 239 Å². The van der Waals surface area contributed by atoms with Gasteiger partial charge in [0.2, 0.25) is 0 Å². The van der Waals surface area contributed by atoms with E-state index < -0.39 is 0 Å². The molecule has 0 saturated carbocycles. The Balaban J connectivity index is 3.93. The Morgan fingerprint density at radius 3 is 1.27 bits per heavy atom. The van der Waals surface area contributed by atoms with Crippen LogP contribution < -0.4 is 0 Å². The highest BCUT2D eigenvalue weighted by Crippen LogP contribution is 2.18. The van der Waals surface area contributed by atoms with Crippen LogP contribution in [0.3, 0.4) is 0 Å². The Hall–Kier alpha value is -1.14. The summed E-state index contributed by atoms with van der Waals surface area (Å²) in [6.45, 7) is 10.3. The van der Waals surface area contributed by atoms with Crippen molar-refractivity contribution in [2.75, 3.05) is 32.8 Å². The highest BCUT2D eigenvalue weighted by molar-refractivity contribution is 5.69. The fourth-order valence-corrected chi connectivity index (χ4v) is 7.05. The highest BCUT2D eigenvalue weighted by atomic mass is 16.5. The number of ether oxygens (including phenoxy) is 2. The van der Waals surface area contributed by atoms with Crippen LogP contribution in [0.2, 0.25) is 0 Å². The molecule has 0 saturated heterocycles. The summed E-state index contributed by atoms with van der Waals surface area (Å²) in [4.78, 5) is 27.1. The Morgan fingerprint density at radius 2 is 0.824 bits per heavy atom. The van der Waals surface area contributed by atoms with Crippen molar-refractivity contribution in [3.05, 3.63) is 0 Å². The fourth-order valence-electron chi connectivity index (χ4n) is 7.05. The molecule has 0 aromatic carbocycles. The smallest absolute Gasteiger partial charge is 0.306 e. The van der Waals surface area contributed by atoms with Crippen LogP contribution in [0.15, 0.2) is 0 Å². The lowest BCUT2D eigenvalue weighted by Gasteiger charge is -2.21. The van der Waals surface area contributed by atoms with Crippen molar-refractivity contribution in [3.8, 4) is 0 Å². The van der Waals surface area contributed by atoms with Gasteiger partial charge in [0.05, 0.1) is 13.2 Å². The molecule has 1 N–H and O–H groups in total. The van der Waals surface area contributed by atoms with E-state index in [1.165, 1.54) is 128 Å². The van der Waals surface area contributed by atoms with Crippen LogP contribution in [0.4, 0.5) is 0 Å². The molecule has 0 rings (SSSR count). The zero-order valence-electron chi connectivity index (χ0n) is 34.7. The summed E-state index contributed by atoms with van der Waals surface area (Å²) >= 11 is 0. The molecule has 0 bridgehead atoms. The van der Waals surface area contributed by atoms with Gasteiger partial charge < -0.3 is 19.5 Å². The minimum Gasteiger partial charge on any atom is -0.466 e. The number of unbranched alkanes of at least 4 members (excludes halogenated alkanes) is 25. The summed E-state index contributed by atoms with van der Waals surface area (Å²) < 4.78 is 11.5. The molecule has 6 nitrogen and oxygen atoms in total. The first-order valence-corrected chi connectivity index (χ1v) is 22.8. The largest absolute Gasteiger partial charge is 0.466 e. The van der Waals surface area contributed by atoms with E-state index in [1.54, 1.807) is 0 Å². The number of carbonyl (C=O) groups is 2. The standard InChI is InChI=1S/C45H89NO5/c1-4-7-10-13-16-17-18-26-33-42-50-44(48)36-29-23-25-32-39-46(40-41-47)38-31-24-19-22-30-37-45(49)51-43(34-27-20-14-11-8-5-2)35-28-21-15-12-9-6-3/h43,47H,4-42H2,1-3H3. The van der Waals surface area contributed by atoms with Crippen molar-refractivity contribution >= 4 is 11.9 Å². The number of hydrogen-bond acceptors (Lipinski definition) is 6. The average Bonchev–Trinajstić information content (AvgIpc) is 3.12. The van der Waals surface area contributed by atoms with Gasteiger partial charge in [0.25, 0.3) is 0 Å². The first kappa shape index (κ1) is 49.9. The Kier molecular flexibility index (Phi) is 40.7. The van der Waals surface area contributed by atoms with E-state index in [0.717, 1.165) is 96.7 Å². The summed E-state index contributed by atoms with van der Waals surface area (Å²) in [5.41, 5.74) is 0. The van der Waals surface area contributed by atoms with Gasteiger partial charge in [0.1, 0.15) is 6.10 Å². The van der Waals surface area contributed by atoms with E-state index in [9.17, 15) is 14.7 Å². The van der Waals surface area contributed by atoms with Gasteiger partial charge in [0.15, 0.2) is 0 Å². The number of aliphatic hydroxyl groups is 1. The van der Waals surface area contributed by atoms with Gasteiger partial charge in [-0.3, -0.25) is 9.59 Å². The SMILES string of the molecule is CCCCCCCCCCCOC(=O)CCCCCCN(CCO)CCCCCCCC(=O)OC(CCCCCCCC)CCCCCCCC. The van der Waals surface area contributed by atoms with E-state index in [0.29, 0.717) is 19.4 Å². The zero-order chi connectivity index (χ0) is 37.3. The van der Waals surface area contributed by atoms with Gasteiger partial charge in [-0.15, -0.1) is 0 Å². The third-order valence-corrected chi connectivity index (χ3v) is 10.4. The van der Waals surface area contributed by atoms with E-state index in [2.05, 4.69) is 25.7 Å². The molecule has 0 aliphatic rings. The molecule has 0 spiro atoms. The number of hydrogen-bond donors (Lipinski definition) is 1. The van der Waals surface area contributed by atoms with Crippen molar-refractivity contribution in [1.29, 1.82) is 0 Å². The summed E-state index contributed by atoms with van der Waals surface area (Å²) in [6, 6.07) is 0. The third kappa shape index (κ3) is 38.4. The molecule has 0 aromatic rings. The normalized spacial score (nSPS) is 11.6. The van der Waals surface area contributed by atoms with Crippen LogP contribution >= 0.6 is 0 Å². The maximum atomic E-state index is 12.7. The summed E-state index contributed by atoms with van der Waals surface area (Å²) in [5.74, 6) is -0.0263. The molecule has 51 heavy (non-hydrogen) atoms. The molecular formula is C45H89NO5. The van der Waals surface area contributed by atoms with Crippen molar-refractivity contribution in [1.82, 2.24) is 4.90 Å². The van der Waals surface area contributed by atoms with Crippen LogP contribution in [-0.2, 0) is 19.1 Å². The Bertz CT molecular complexity index is 701. The Labute approximate surface area is 318 Å². The second-order valence-corrected chi connectivity index (χ2v) is 15.5. The molecule has 0 atom stereocenters. The van der Waals surface area contributed by atoms with E-state index in [4.69, 9.17) is 9.47 Å². The molecule has 0 fully saturated rings. The fraction of sp³-hybridized carbons (Fsp3) is 0.956. The summed E-state index contributed by atoms with van der Waals surface area (Å²) in [5, 5.41) is 9.54. The van der Waals surface area contributed by atoms with E-state index in [-0.39, 0.29) is 24.6 Å². The average molecular weight is 724 g/mol. The van der Waals surface area contributed by atoms with E-state index in [1.807, 2.05) is 0 Å². The number of aliphatic hydroxyl groups excluding tert-OH is 1. The van der Waals surface area contributed by atoms with Crippen molar-refractivity contribution in [2.24, 2.45) is 0 Å². The quantitative estimate of drug-likeness (QED) is 0.0499. The third-order valence-electron chi connectivity index (χ3n) is 10.4. The van der Waals surface area contributed by atoms with Gasteiger partial charge >= 0.3 is 11.9 Å². The number of esters is 2. The molecule has 0 heterocycles. The number of carbonyl (C=O) groups excluding carboxylic acids is 2. The zero-order valence-corrected chi connectivity index (χ0v) is 34.7. The summed E-state index contributed by atoms with van der Waals surface area (Å²) in [7, 11) is 0. The van der Waals surface area contributed by atoms with Crippen LogP contribution in [-0.4, -0.2) is 60.9 Å². The molecule has 0 aromatic heterocycles. The van der Waals surface area contributed by atoms with Crippen LogP contribution in [0.25, 0.3) is 0 Å². The first-order chi connectivity index (χ1) is 25.1. The molecule has 6 heteroatoms. The second-order valence-electron chi connectivity index (χ2n) is 15.5. The topological polar surface area (TPSA) is 76.1 Å². The maximum Gasteiger partial charge on any atom is 0.306 e. The lowest BCUT2D eigenvalue weighted by molar-refractivity contribution is -0.150. The lowest BCUT2D eigenvalue weighted by Crippen LogP contribution is -2.29. The van der Waals surface area contributed by atoms with Crippen LogP contribution in [0.5, 0.6) is 0 Å². The molecule has 0 amide bonds. The van der Waals surface area contributed by atoms with Crippen LogP contribution in [0, 0.1) is 0 Å². The van der Waals surface area contributed by atoms with Gasteiger partial charge in [-0.2, -0.15) is 0 Å². The summed E-state index contributed by atoms with van der Waals surface area (Å²) in [6.07, 6.45) is 39.8. The minimum atomic E-state index is -0.0374. The number of nitrogens with zero attached hydrogens (tertiary/aromatic N) is 1. The number of rotatable bonds is 42. The molecule has 304 valence electrons. The lowest BCUT2D eigenvalue weighted by atomic mass is 10.0. The highest BCUT2D eigenvalue weighted by Gasteiger charge is 2.14. The van der Waals surface area contributed by atoms with Crippen molar-refractivity contribution in [3.63, 3.8) is 0 Å².